The van der Waals surface area contributed by atoms with E-state index in [1.165, 1.54) is 12.0 Å². The van der Waals surface area contributed by atoms with E-state index in [4.69, 9.17) is 25.5 Å². The van der Waals surface area contributed by atoms with Crippen molar-refractivity contribution in [1.29, 1.82) is 0 Å². The molecular weight excluding hydrogens is 518 g/mol. The van der Waals surface area contributed by atoms with Crippen molar-refractivity contribution in [2.24, 2.45) is 0 Å². The number of amides is 1. The van der Waals surface area contributed by atoms with Gasteiger partial charge in [-0.2, -0.15) is 0 Å². The lowest BCUT2D eigenvalue weighted by Gasteiger charge is -2.44. The van der Waals surface area contributed by atoms with E-state index >= 15 is 0 Å². The van der Waals surface area contributed by atoms with Gasteiger partial charge in [-0.25, -0.2) is 9.59 Å². The maximum atomic E-state index is 13.5. The van der Waals surface area contributed by atoms with Crippen LogP contribution in [0.25, 0.3) is 0 Å². The first-order chi connectivity index (χ1) is 17.8. The van der Waals surface area contributed by atoms with Crippen LogP contribution in [-0.2, 0) is 18.7 Å². The fourth-order valence-electron chi connectivity index (χ4n) is 5.60. The normalized spacial score (nSPS) is 20.3. The number of ether oxygens (including phenoxy) is 2. The van der Waals surface area contributed by atoms with E-state index < -0.39 is 37.6 Å². The third-order valence-corrected chi connectivity index (χ3v) is 12.5. The van der Waals surface area contributed by atoms with Crippen LogP contribution in [0.1, 0.15) is 60.8 Å². The molecule has 2 aromatic rings. The van der Waals surface area contributed by atoms with Gasteiger partial charge in [-0.15, -0.1) is 11.6 Å². The van der Waals surface area contributed by atoms with Gasteiger partial charge >= 0.3 is 12.1 Å². The van der Waals surface area contributed by atoms with Crippen molar-refractivity contribution >= 4 is 42.4 Å². The summed E-state index contributed by atoms with van der Waals surface area (Å²) in [5, 5.41) is 2.02. The van der Waals surface area contributed by atoms with E-state index in [1.807, 2.05) is 57.2 Å². The number of alkyl halides is 1. The van der Waals surface area contributed by atoms with E-state index in [9.17, 15) is 9.59 Å². The Balaban J connectivity index is 2.15. The maximum absolute atomic E-state index is 13.5. The molecule has 8 heteroatoms. The number of likely N-dealkylation sites (tertiary alicyclic amines) is 1. The van der Waals surface area contributed by atoms with Crippen LogP contribution in [0.2, 0.25) is 5.04 Å². The average molecular weight is 560 g/mol. The van der Waals surface area contributed by atoms with Crippen LogP contribution >= 0.6 is 11.6 Å². The van der Waals surface area contributed by atoms with Gasteiger partial charge in [0.15, 0.2) is 0 Å². The van der Waals surface area contributed by atoms with Gasteiger partial charge in [0, 0.05) is 12.3 Å². The molecule has 0 radical (unpaired) electrons. The highest BCUT2D eigenvalue weighted by Crippen LogP contribution is 2.43. The number of benzene rings is 2. The Kier molecular flexibility index (Phi) is 9.38. The topological polar surface area (TPSA) is 65.1 Å². The summed E-state index contributed by atoms with van der Waals surface area (Å²) in [5.74, 6) is -0.108. The number of hydrogen-bond acceptors (Lipinski definition) is 5. The van der Waals surface area contributed by atoms with Crippen molar-refractivity contribution in [2.45, 2.75) is 83.1 Å². The zero-order valence-corrected chi connectivity index (χ0v) is 25.5. The SMILES string of the molecule is COC(=O)C1(CCCCl)C[C@H](O[Si](c2ccccc2)(c2ccccc2)C(C)(C)C)CN1C(=O)OC(C)(C)C. The number of nitrogens with zero attached hydrogens (tertiary/aromatic N) is 1. The van der Waals surface area contributed by atoms with Crippen molar-refractivity contribution in [3.63, 3.8) is 0 Å². The average Bonchev–Trinajstić information content (AvgIpc) is 3.24. The second-order valence-electron chi connectivity index (χ2n) is 12.0. The molecule has 208 valence electrons. The highest BCUT2D eigenvalue weighted by Gasteiger charge is 2.59. The predicted octanol–water partition coefficient (Wildman–Crippen LogP) is 5.50. The van der Waals surface area contributed by atoms with Crippen LogP contribution in [0.15, 0.2) is 60.7 Å². The second-order valence-corrected chi connectivity index (χ2v) is 16.6. The van der Waals surface area contributed by atoms with Crippen molar-refractivity contribution in [3.8, 4) is 0 Å². The molecular formula is C30H42ClNO5Si. The van der Waals surface area contributed by atoms with E-state index in [1.54, 1.807) is 0 Å². The molecule has 2 atom stereocenters. The molecule has 38 heavy (non-hydrogen) atoms. The zero-order valence-electron chi connectivity index (χ0n) is 23.8. The molecule has 0 saturated carbocycles. The quantitative estimate of drug-likeness (QED) is 0.243. The summed E-state index contributed by atoms with van der Waals surface area (Å²) in [4.78, 5) is 28.5. The lowest BCUT2D eigenvalue weighted by atomic mass is 9.90. The third kappa shape index (κ3) is 6.10. The summed E-state index contributed by atoms with van der Waals surface area (Å²) in [7, 11) is -1.57. The van der Waals surface area contributed by atoms with E-state index in [2.05, 4.69) is 45.0 Å². The third-order valence-electron chi connectivity index (χ3n) is 7.13. The van der Waals surface area contributed by atoms with Gasteiger partial charge < -0.3 is 13.9 Å². The second kappa shape index (κ2) is 11.8. The molecule has 1 heterocycles. The Bertz CT molecular complexity index is 1040. The Morgan fingerprint density at radius 3 is 1.92 bits per heavy atom. The molecule has 0 spiro atoms. The van der Waals surface area contributed by atoms with Crippen molar-refractivity contribution in [1.82, 2.24) is 4.90 Å². The summed E-state index contributed by atoms with van der Waals surface area (Å²) in [5.41, 5.74) is -1.94. The van der Waals surface area contributed by atoms with E-state index in [-0.39, 0.29) is 11.6 Å². The monoisotopic (exact) mass is 559 g/mol. The first kappa shape index (κ1) is 30.2. The molecule has 0 N–H and O–H groups in total. The van der Waals surface area contributed by atoms with Gasteiger partial charge in [-0.1, -0.05) is 81.4 Å². The molecule has 2 aromatic carbocycles. The molecule has 0 bridgehead atoms. The summed E-state index contributed by atoms with van der Waals surface area (Å²) in [6.07, 6.45) is 0.250. The van der Waals surface area contributed by atoms with Crippen LogP contribution in [0, 0.1) is 0 Å². The van der Waals surface area contributed by atoms with Gasteiger partial charge in [0.1, 0.15) is 11.1 Å². The fourth-order valence-corrected chi connectivity index (χ4v) is 10.4. The Hall–Kier alpha value is -2.35. The molecule has 1 amide bonds. The van der Waals surface area contributed by atoms with E-state index in [0.29, 0.717) is 25.1 Å². The molecule has 1 saturated heterocycles. The summed E-state index contributed by atoms with van der Waals surface area (Å²) >= 11 is 6.08. The maximum Gasteiger partial charge on any atom is 0.411 e. The van der Waals surface area contributed by atoms with Gasteiger partial charge in [-0.3, -0.25) is 4.90 Å². The molecule has 1 aliphatic heterocycles. The van der Waals surface area contributed by atoms with Crippen LogP contribution in [-0.4, -0.2) is 62.1 Å². The first-order valence-corrected chi connectivity index (χ1v) is 15.7. The Labute approximate surface area is 233 Å². The smallest absolute Gasteiger partial charge is 0.411 e. The van der Waals surface area contributed by atoms with Crippen molar-refractivity contribution in [3.05, 3.63) is 60.7 Å². The van der Waals surface area contributed by atoms with Gasteiger partial charge in [0.2, 0.25) is 0 Å². The Morgan fingerprint density at radius 2 is 1.50 bits per heavy atom. The molecule has 1 unspecified atom stereocenters. The molecule has 0 aromatic heterocycles. The molecule has 0 aliphatic carbocycles. The van der Waals surface area contributed by atoms with Gasteiger partial charge in [0.25, 0.3) is 8.32 Å². The summed E-state index contributed by atoms with van der Waals surface area (Å²) in [6, 6.07) is 20.7. The zero-order chi connectivity index (χ0) is 28.2. The standard InChI is InChI=1S/C30H42ClNO5Si/c1-28(2,3)36-27(34)32-22-23(21-30(32,19-14-20-31)26(33)35-7)37-38(29(4,5)6,24-15-10-8-11-16-24)25-17-12-9-13-18-25/h8-13,15-18,23H,14,19-22H2,1-7H3/t23-,30?/m0/s1. The number of esters is 1. The van der Waals surface area contributed by atoms with Gasteiger partial charge in [-0.05, 0) is 49.0 Å². The molecule has 1 aliphatic rings. The Morgan fingerprint density at radius 1 is 0.974 bits per heavy atom. The van der Waals surface area contributed by atoms with Crippen LogP contribution in [0.5, 0.6) is 0 Å². The summed E-state index contributed by atoms with van der Waals surface area (Å²) < 4.78 is 18.4. The fraction of sp³-hybridized carbons (Fsp3) is 0.533. The number of carbonyl (C=O) groups is 2. The lowest BCUT2D eigenvalue weighted by molar-refractivity contribution is -0.153. The van der Waals surface area contributed by atoms with Crippen molar-refractivity contribution < 1.29 is 23.5 Å². The number of methoxy groups -OCH3 is 1. The van der Waals surface area contributed by atoms with Crippen LogP contribution < -0.4 is 10.4 Å². The van der Waals surface area contributed by atoms with Crippen molar-refractivity contribution in [2.75, 3.05) is 19.5 Å². The highest BCUT2D eigenvalue weighted by atomic mass is 35.5. The number of rotatable bonds is 8. The molecule has 6 nitrogen and oxygen atoms in total. The van der Waals surface area contributed by atoms with Crippen LogP contribution in [0.4, 0.5) is 4.79 Å². The minimum atomic E-state index is -2.92. The highest BCUT2D eigenvalue weighted by molar-refractivity contribution is 6.99. The lowest BCUT2D eigenvalue weighted by Crippen LogP contribution is -2.67. The number of hydrogen-bond donors (Lipinski definition) is 0. The molecule has 3 rings (SSSR count). The number of halogens is 1. The van der Waals surface area contributed by atoms with Gasteiger partial charge in [0.05, 0.1) is 19.8 Å². The molecule has 1 fully saturated rings. The minimum Gasteiger partial charge on any atom is -0.467 e. The van der Waals surface area contributed by atoms with Crippen LogP contribution in [0.3, 0.4) is 0 Å². The first-order valence-electron chi connectivity index (χ1n) is 13.2. The predicted molar refractivity (Wildman–Crippen MR) is 155 cm³/mol. The minimum absolute atomic E-state index is 0.219. The summed E-state index contributed by atoms with van der Waals surface area (Å²) in [6.45, 7) is 12.3. The number of carbonyl (C=O) groups excluding carboxylic acids is 2. The largest absolute Gasteiger partial charge is 0.467 e. The van der Waals surface area contributed by atoms with E-state index in [0.717, 1.165) is 10.4 Å².